The van der Waals surface area contributed by atoms with Crippen molar-refractivity contribution in [1.29, 1.82) is 0 Å². The predicted molar refractivity (Wildman–Crippen MR) is 118 cm³/mol. The van der Waals surface area contributed by atoms with Crippen LogP contribution in [0.1, 0.15) is 49.1 Å². The summed E-state index contributed by atoms with van der Waals surface area (Å²) in [5, 5.41) is 15.0. The monoisotopic (exact) mass is 408 g/mol. The third-order valence-corrected chi connectivity index (χ3v) is 6.33. The van der Waals surface area contributed by atoms with Crippen molar-refractivity contribution in [2.24, 2.45) is 5.92 Å². The Morgan fingerprint density at radius 2 is 2.07 bits per heavy atom. The lowest BCUT2D eigenvalue weighted by atomic mass is 9.81. The molecule has 1 saturated heterocycles. The van der Waals surface area contributed by atoms with Crippen molar-refractivity contribution in [3.63, 3.8) is 0 Å². The molecule has 0 spiro atoms. The summed E-state index contributed by atoms with van der Waals surface area (Å²) >= 11 is 0. The first-order valence-electron chi connectivity index (χ1n) is 11.0. The Labute approximate surface area is 176 Å². The Morgan fingerprint density at radius 3 is 2.80 bits per heavy atom. The number of piperidine rings is 1. The molecule has 1 atom stereocenters. The summed E-state index contributed by atoms with van der Waals surface area (Å²) in [5.41, 5.74) is 3.69. The second kappa shape index (κ2) is 8.22. The largest absolute Gasteiger partial charge is 0.370 e. The van der Waals surface area contributed by atoms with E-state index < -0.39 is 0 Å². The zero-order chi connectivity index (χ0) is 20.5. The molecule has 1 aliphatic heterocycles. The summed E-state index contributed by atoms with van der Waals surface area (Å²) in [6.07, 6.45) is 8.06. The second-order valence-corrected chi connectivity index (χ2v) is 8.73. The minimum Gasteiger partial charge on any atom is -0.370 e. The summed E-state index contributed by atoms with van der Waals surface area (Å²) < 4.78 is 15.8. The highest BCUT2D eigenvalue weighted by molar-refractivity contribution is 5.66. The molecule has 1 aliphatic carbocycles. The molecule has 1 saturated carbocycles. The number of rotatable bonds is 6. The van der Waals surface area contributed by atoms with Crippen molar-refractivity contribution in [3.05, 3.63) is 47.4 Å². The molecule has 3 N–H and O–H groups in total. The SMILES string of the molecule is Cc1cc(F)cc(Nc2cc(NC[C@H]3CCCNC3)nc3c(C4CCC4)cnn23)c1. The van der Waals surface area contributed by atoms with Gasteiger partial charge in [0, 0.05) is 23.9 Å². The first-order valence-corrected chi connectivity index (χ1v) is 11.0. The van der Waals surface area contributed by atoms with Gasteiger partial charge in [-0.2, -0.15) is 9.61 Å². The lowest BCUT2D eigenvalue weighted by Gasteiger charge is -2.25. The van der Waals surface area contributed by atoms with Gasteiger partial charge in [-0.25, -0.2) is 9.37 Å². The van der Waals surface area contributed by atoms with Gasteiger partial charge in [0.05, 0.1) is 6.20 Å². The molecule has 30 heavy (non-hydrogen) atoms. The number of halogens is 1. The molecule has 5 rings (SSSR count). The van der Waals surface area contributed by atoms with Crippen LogP contribution in [0.15, 0.2) is 30.5 Å². The van der Waals surface area contributed by atoms with Gasteiger partial charge >= 0.3 is 0 Å². The number of nitrogens with one attached hydrogen (secondary N) is 3. The first-order chi connectivity index (χ1) is 14.7. The van der Waals surface area contributed by atoms with Crippen molar-refractivity contribution in [3.8, 4) is 0 Å². The van der Waals surface area contributed by atoms with E-state index in [2.05, 4.69) is 21.0 Å². The van der Waals surface area contributed by atoms with Gasteiger partial charge in [0.2, 0.25) is 0 Å². The molecule has 3 heterocycles. The standard InChI is InChI=1S/C23H29FN6/c1-15-8-18(24)10-19(9-15)28-22-11-21(26-13-16-4-3-7-25-12-16)29-23-20(14-27-30(22)23)17-5-2-6-17/h8-11,14,16-17,25,28H,2-7,12-13H2,1H3,(H,26,29)/t16-/m0/s1. The lowest BCUT2D eigenvalue weighted by molar-refractivity contribution is 0.392. The molecule has 0 amide bonds. The average molecular weight is 409 g/mol. The third kappa shape index (κ3) is 3.99. The van der Waals surface area contributed by atoms with Gasteiger partial charge in [0.15, 0.2) is 5.65 Å². The first kappa shape index (κ1) is 19.3. The molecule has 2 fully saturated rings. The molecule has 6 nitrogen and oxygen atoms in total. The minimum atomic E-state index is -0.249. The van der Waals surface area contributed by atoms with E-state index in [0.29, 0.717) is 17.5 Å². The van der Waals surface area contributed by atoms with Crippen molar-refractivity contribution in [2.45, 2.75) is 44.9 Å². The number of fused-ring (bicyclic) bond motifs is 1. The third-order valence-electron chi connectivity index (χ3n) is 6.33. The molecule has 0 bridgehead atoms. The van der Waals surface area contributed by atoms with Crippen LogP contribution in [0.2, 0.25) is 0 Å². The number of aromatic nitrogens is 3. The summed E-state index contributed by atoms with van der Waals surface area (Å²) in [5.74, 6) is 2.53. The number of nitrogens with zero attached hydrogens (tertiary/aromatic N) is 3. The Bertz CT molecular complexity index is 1020. The van der Waals surface area contributed by atoms with E-state index in [0.717, 1.165) is 42.5 Å². The van der Waals surface area contributed by atoms with E-state index >= 15 is 0 Å². The molecule has 158 valence electrons. The van der Waals surface area contributed by atoms with Crippen LogP contribution in [0.4, 0.5) is 21.7 Å². The molecule has 0 radical (unpaired) electrons. The van der Waals surface area contributed by atoms with E-state index in [1.54, 1.807) is 0 Å². The Kier molecular flexibility index (Phi) is 5.29. The number of hydrogen-bond donors (Lipinski definition) is 3. The molecule has 0 unspecified atom stereocenters. The van der Waals surface area contributed by atoms with Crippen molar-refractivity contribution in [2.75, 3.05) is 30.3 Å². The smallest absolute Gasteiger partial charge is 0.163 e. The quantitative estimate of drug-likeness (QED) is 0.556. The van der Waals surface area contributed by atoms with Crippen LogP contribution in [0.25, 0.3) is 5.65 Å². The molecular formula is C23H29FN6. The minimum absolute atomic E-state index is 0.249. The second-order valence-electron chi connectivity index (χ2n) is 8.73. The molecular weight excluding hydrogens is 379 g/mol. The van der Waals surface area contributed by atoms with E-state index in [9.17, 15) is 4.39 Å². The predicted octanol–water partition coefficient (Wildman–Crippen LogP) is 4.60. The highest BCUT2D eigenvalue weighted by Gasteiger charge is 2.25. The van der Waals surface area contributed by atoms with Crippen LogP contribution in [0.3, 0.4) is 0 Å². The molecule has 2 aromatic heterocycles. The maximum atomic E-state index is 13.9. The Morgan fingerprint density at radius 1 is 1.17 bits per heavy atom. The van der Waals surface area contributed by atoms with E-state index in [1.807, 2.05) is 29.8 Å². The summed E-state index contributed by atoms with van der Waals surface area (Å²) in [4.78, 5) is 4.91. The normalized spacial score (nSPS) is 19.6. The molecule has 2 aliphatic rings. The van der Waals surface area contributed by atoms with Gasteiger partial charge in [-0.3, -0.25) is 0 Å². The summed E-state index contributed by atoms with van der Waals surface area (Å²) in [6, 6.07) is 6.95. The number of hydrogen-bond acceptors (Lipinski definition) is 5. The van der Waals surface area contributed by atoms with Crippen LogP contribution in [-0.2, 0) is 0 Å². The fourth-order valence-electron chi connectivity index (χ4n) is 4.47. The maximum Gasteiger partial charge on any atom is 0.163 e. The van der Waals surface area contributed by atoms with Gasteiger partial charge in [0.1, 0.15) is 17.5 Å². The van der Waals surface area contributed by atoms with Gasteiger partial charge in [-0.05, 0) is 81.3 Å². The Hall–Kier alpha value is -2.67. The van der Waals surface area contributed by atoms with Crippen LogP contribution in [-0.4, -0.2) is 34.2 Å². The lowest BCUT2D eigenvalue weighted by Crippen LogP contribution is -2.33. The fraction of sp³-hybridized carbons (Fsp3) is 0.478. The van der Waals surface area contributed by atoms with Gasteiger partial charge in [-0.15, -0.1) is 0 Å². The van der Waals surface area contributed by atoms with Gasteiger partial charge in [-0.1, -0.05) is 6.42 Å². The highest BCUT2D eigenvalue weighted by Crippen LogP contribution is 2.38. The van der Waals surface area contributed by atoms with Crippen LogP contribution >= 0.6 is 0 Å². The summed E-state index contributed by atoms with van der Waals surface area (Å²) in [6.45, 7) is 4.94. The topological polar surface area (TPSA) is 66.3 Å². The number of anilines is 3. The zero-order valence-corrected chi connectivity index (χ0v) is 17.4. The average Bonchev–Trinajstić information content (AvgIpc) is 3.09. The highest BCUT2D eigenvalue weighted by atomic mass is 19.1. The molecule has 7 heteroatoms. The Balaban J connectivity index is 1.47. The van der Waals surface area contributed by atoms with Crippen LogP contribution in [0, 0.1) is 18.7 Å². The van der Waals surface area contributed by atoms with E-state index in [1.165, 1.54) is 49.8 Å². The van der Waals surface area contributed by atoms with Gasteiger partial charge in [0.25, 0.3) is 0 Å². The van der Waals surface area contributed by atoms with Crippen molar-refractivity contribution >= 4 is 23.0 Å². The van der Waals surface area contributed by atoms with Gasteiger partial charge < -0.3 is 16.0 Å². The number of benzene rings is 1. The van der Waals surface area contributed by atoms with Crippen LogP contribution in [0.5, 0.6) is 0 Å². The molecule has 3 aromatic rings. The zero-order valence-electron chi connectivity index (χ0n) is 17.4. The number of aryl methyl sites for hydroxylation is 1. The molecule has 1 aromatic carbocycles. The van der Waals surface area contributed by atoms with Crippen molar-refractivity contribution in [1.82, 2.24) is 19.9 Å². The summed E-state index contributed by atoms with van der Waals surface area (Å²) in [7, 11) is 0. The maximum absolute atomic E-state index is 13.9. The fourth-order valence-corrected chi connectivity index (χ4v) is 4.47. The van der Waals surface area contributed by atoms with E-state index in [-0.39, 0.29) is 5.82 Å². The van der Waals surface area contributed by atoms with E-state index in [4.69, 9.17) is 4.98 Å². The van der Waals surface area contributed by atoms with Crippen LogP contribution < -0.4 is 16.0 Å². The van der Waals surface area contributed by atoms with Crippen molar-refractivity contribution < 1.29 is 4.39 Å².